The Morgan fingerprint density at radius 3 is 1.81 bits per heavy atom. The van der Waals surface area contributed by atoms with Crippen molar-refractivity contribution in [2.24, 2.45) is 5.92 Å². The fourth-order valence-corrected chi connectivity index (χ4v) is 1.64. The Hall–Kier alpha value is -2.78. The Bertz CT molecular complexity index is 606. The third-order valence-electron chi connectivity index (χ3n) is 3.02. The summed E-state index contributed by atoms with van der Waals surface area (Å²) in [4.78, 5) is 31.8. The number of amides is 1. The van der Waals surface area contributed by atoms with Gasteiger partial charge in [0.1, 0.15) is 12.1 Å². The number of alkyl halides is 3. The van der Waals surface area contributed by atoms with Crippen molar-refractivity contribution in [3.8, 4) is 0 Å². The van der Waals surface area contributed by atoms with Crippen molar-refractivity contribution < 1.29 is 37.8 Å². The number of hydrogen-bond donors (Lipinski definition) is 4. The van der Waals surface area contributed by atoms with Crippen LogP contribution in [0.5, 0.6) is 0 Å². The molecule has 1 aromatic carbocycles. The van der Waals surface area contributed by atoms with Crippen LogP contribution < -0.4 is 10.6 Å². The molecule has 10 heteroatoms. The molecule has 0 aliphatic rings. The molecule has 0 aromatic heterocycles. The Balaban J connectivity index is 0.000000758. The molecule has 2 atom stereocenters. The molecule has 1 rings (SSSR count). The highest BCUT2D eigenvalue weighted by Crippen LogP contribution is 2.13. The van der Waals surface area contributed by atoms with E-state index in [2.05, 4.69) is 10.6 Å². The average molecular weight is 378 g/mol. The fraction of sp³-hybridized carbons (Fsp3) is 0.438. The van der Waals surface area contributed by atoms with E-state index in [0.29, 0.717) is 0 Å². The van der Waals surface area contributed by atoms with Gasteiger partial charge in [-0.25, -0.2) is 9.59 Å². The minimum absolute atomic E-state index is 0.162. The molecule has 0 heterocycles. The Morgan fingerprint density at radius 1 is 1.00 bits per heavy atom. The van der Waals surface area contributed by atoms with Crippen molar-refractivity contribution >= 4 is 23.5 Å². The number of para-hydroxylation sites is 1. The molecule has 0 radical (unpaired) electrons. The number of benzene rings is 1. The monoisotopic (exact) mass is 378 g/mol. The summed E-state index contributed by atoms with van der Waals surface area (Å²) in [5.41, 5.74) is 0.821. The minimum atomic E-state index is -5.08. The lowest BCUT2D eigenvalue weighted by Gasteiger charge is -2.21. The molecule has 1 amide bonds. The van der Waals surface area contributed by atoms with E-state index in [-0.39, 0.29) is 11.8 Å². The first-order chi connectivity index (χ1) is 11.9. The second-order valence-electron chi connectivity index (χ2n) is 5.60. The number of hydrogen-bond acceptors (Lipinski definition) is 4. The number of nitrogens with one attached hydrogen (secondary N) is 2. The topological polar surface area (TPSA) is 116 Å². The van der Waals surface area contributed by atoms with Crippen LogP contribution in [0.25, 0.3) is 0 Å². The molecule has 0 saturated carbocycles. The predicted molar refractivity (Wildman–Crippen MR) is 87.6 cm³/mol. The van der Waals surface area contributed by atoms with E-state index in [4.69, 9.17) is 15.0 Å². The SMILES string of the molecule is CC(C)[C@H](NC(=O)[C@H](C)Nc1ccccc1)C(=O)O.O=C(O)C(F)(F)F. The molecule has 146 valence electrons. The second kappa shape index (κ2) is 10.3. The third-order valence-corrected chi connectivity index (χ3v) is 3.02. The van der Waals surface area contributed by atoms with Crippen molar-refractivity contribution in [1.82, 2.24) is 5.32 Å². The first kappa shape index (κ1) is 23.2. The van der Waals surface area contributed by atoms with Crippen molar-refractivity contribution in [3.05, 3.63) is 30.3 Å². The van der Waals surface area contributed by atoms with Crippen LogP contribution >= 0.6 is 0 Å². The zero-order valence-electron chi connectivity index (χ0n) is 14.4. The summed E-state index contributed by atoms with van der Waals surface area (Å²) < 4.78 is 31.7. The van der Waals surface area contributed by atoms with E-state index in [1.807, 2.05) is 30.3 Å². The maximum atomic E-state index is 11.9. The van der Waals surface area contributed by atoms with Gasteiger partial charge in [-0.3, -0.25) is 4.79 Å². The van der Waals surface area contributed by atoms with Gasteiger partial charge in [0.05, 0.1) is 0 Å². The van der Waals surface area contributed by atoms with Crippen molar-refractivity contribution in [2.75, 3.05) is 5.32 Å². The number of aliphatic carboxylic acids is 2. The maximum Gasteiger partial charge on any atom is 0.490 e. The minimum Gasteiger partial charge on any atom is -0.480 e. The molecular weight excluding hydrogens is 357 g/mol. The molecule has 0 aliphatic carbocycles. The highest BCUT2D eigenvalue weighted by molar-refractivity contribution is 5.88. The summed E-state index contributed by atoms with van der Waals surface area (Å²) in [5, 5.41) is 21.7. The molecular formula is C16H21F3N2O5. The quantitative estimate of drug-likeness (QED) is 0.604. The number of carboxylic acids is 2. The van der Waals surface area contributed by atoms with Gasteiger partial charge in [-0.1, -0.05) is 32.0 Å². The Morgan fingerprint density at radius 2 is 1.46 bits per heavy atom. The highest BCUT2D eigenvalue weighted by atomic mass is 19.4. The molecule has 7 nitrogen and oxygen atoms in total. The predicted octanol–water partition coefficient (Wildman–Crippen LogP) is 2.35. The number of carbonyl (C=O) groups excluding carboxylic acids is 1. The van der Waals surface area contributed by atoms with Gasteiger partial charge >= 0.3 is 18.1 Å². The van der Waals surface area contributed by atoms with Gasteiger partial charge < -0.3 is 20.8 Å². The van der Waals surface area contributed by atoms with Crippen LogP contribution in [-0.2, 0) is 14.4 Å². The zero-order valence-corrected chi connectivity index (χ0v) is 14.4. The van der Waals surface area contributed by atoms with E-state index in [0.717, 1.165) is 5.69 Å². The van der Waals surface area contributed by atoms with Crippen LogP contribution in [0.15, 0.2) is 30.3 Å². The van der Waals surface area contributed by atoms with Gasteiger partial charge in [-0.2, -0.15) is 13.2 Å². The molecule has 0 aliphatic heterocycles. The summed E-state index contributed by atoms with van der Waals surface area (Å²) in [7, 11) is 0. The lowest BCUT2D eigenvalue weighted by atomic mass is 10.0. The van der Waals surface area contributed by atoms with E-state index >= 15 is 0 Å². The fourth-order valence-electron chi connectivity index (χ4n) is 1.64. The van der Waals surface area contributed by atoms with Crippen molar-refractivity contribution in [2.45, 2.75) is 39.0 Å². The molecule has 0 spiro atoms. The van der Waals surface area contributed by atoms with E-state index in [1.54, 1.807) is 20.8 Å². The van der Waals surface area contributed by atoms with Gasteiger partial charge in [0.25, 0.3) is 0 Å². The van der Waals surface area contributed by atoms with Crippen LogP contribution in [0.1, 0.15) is 20.8 Å². The van der Waals surface area contributed by atoms with Gasteiger partial charge in [0.2, 0.25) is 5.91 Å². The summed E-state index contributed by atoms with van der Waals surface area (Å²) in [6.07, 6.45) is -5.08. The number of rotatable bonds is 6. The molecule has 0 bridgehead atoms. The molecule has 4 N–H and O–H groups in total. The third kappa shape index (κ3) is 8.90. The largest absolute Gasteiger partial charge is 0.490 e. The van der Waals surface area contributed by atoms with Gasteiger partial charge in [0, 0.05) is 5.69 Å². The Labute approximate surface area is 148 Å². The molecule has 0 fully saturated rings. The zero-order chi connectivity index (χ0) is 20.5. The van der Waals surface area contributed by atoms with Crippen molar-refractivity contribution in [3.63, 3.8) is 0 Å². The van der Waals surface area contributed by atoms with E-state index < -0.39 is 30.2 Å². The smallest absolute Gasteiger partial charge is 0.480 e. The number of carboxylic acid groups (broad SMARTS) is 2. The summed E-state index contributed by atoms with van der Waals surface area (Å²) in [6.45, 7) is 5.21. The van der Waals surface area contributed by atoms with Crippen molar-refractivity contribution in [1.29, 1.82) is 0 Å². The van der Waals surface area contributed by atoms with Gasteiger partial charge in [-0.05, 0) is 25.0 Å². The molecule has 26 heavy (non-hydrogen) atoms. The van der Waals surface area contributed by atoms with Crippen LogP contribution in [0.2, 0.25) is 0 Å². The Kier molecular flexibility index (Phi) is 9.17. The second-order valence-corrected chi connectivity index (χ2v) is 5.60. The van der Waals surface area contributed by atoms with Crippen LogP contribution in [0.4, 0.5) is 18.9 Å². The molecule has 1 aromatic rings. The number of halogens is 3. The number of anilines is 1. The molecule has 0 unspecified atom stereocenters. The van der Waals surface area contributed by atoms with Gasteiger partial charge in [0.15, 0.2) is 0 Å². The summed E-state index contributed by atoms with van der Waals surface area (Å²) in [6, 6.07) is 7.94. The lowest BCUT2D eigenvalue weighted by Crippen LogP contribution is -2.49. The summed E-state index contributed by atoms with van der Waals surface area (Å²) >= 11 is 0. The van der Waals surface area contributed by atoms with Crippen LogP contribution in [-0.4, -0.2) is 46.3 Å². The highest BCUT2D eigenvalue weighted by Gasteiger charge is 2.38. The van der Waals surface area contributed by atoms with E-state index in [1.165, 1.54) is 0 Å². The number of carbonyl (C=O) groups is 3. The van der Waals surface area contributed by atoms with Gasteiger partial charge in [-0.15, -0.1) is 0 Å². The average Bonchev–Trinajstić information content (AvgIpc) is 2.52. The van der Waals surface area contributed by atoms with E-state index in [9.17, 15) is 22.8 Å². The van der Waals surface area contributed by atoms with Crippen LogP contribution in [0, 0.1) is 5.92 Å². The van der Waals surface area contributed by atoms with Crippen LogP contribution in [0.3, 0.4) is 0 Å². The standard InChI is InChI=1S/C14H20N2O3.C2HF3O2/c1-9(2)12(14(18)19)16-13(17)10(3)15-11-7-5-4-6-8-11;3-2(4,5)1(6)7/h4-10,12,15H,1-3H3,(H,16,17)(H,18,19);(H,6,7)/t10-,12-;/m0./s1. The maximum absolute atomic E-state index is 11.9. The summed E-state index contributed by atoms with van der Waals surface area (Å²) in [5.74, 6) is -4.27. The first-order valence-electron chi connectivity index (χ1n) is 7.51. The normalized spacial score (nSPS) is 13.0. The lowest BCUT2D eigenvalue weighted by molar-refractivity contribution is -0.192. The first-order valence-corrected chi connectivity index (χ1v) is 7.51. The molecule has 0 saturated heterocycles.